The number of unbranched alkanes of at least 4 members (excludes halogenated alkanes) is 52. The number of carbonyl (C=O) groups excluding carboxylic acids is 3. The average Bonchev–Trinajstić information content (AvgIpc) is 3.47. The molecule has 0 bridgehead atoms. The monoisotopic (exact) mass is 1150 g/mol. The van der Waals surface area contributed by atoms with E-state index in [1.165, 1.54) is 302 Å². The van der Waals surface area contributed by atoms with Crippen LogP contribution in [0.15, 0.2) is 36.5 Å². The van der Waals surface area contributed by atoms with Crippen LogP contribution in [-0.2, 0) is 28.6 Å². The van der Waals surface area contributed by atoms with Crippen LogP contribution >= 0.6 is 0 Å². The predicted octanol–water partition coefficient (Wildman–Crippen LogP) is 25.5. The van der Waals surface area contributed by atoms with Crippen LogP contribution in [0.25, 0.3) is 0 Å². The molecule has 0 aliphatic heterocycles. The maximum atomic E-state index is 13.0. The van der Waals surface area contributed by atoms with Crippen molar-refractivity contribution in [1.29, 1.82) is 0 Å². The highest BCUT2D eigenvalue weighted by atomic mass is 16.6. The van der Waals surface area contributed by atoms with Crippen molar-refractivity contribution >= 4 is 17.9 Å². The Kier molecular flexibility index (Phi) is 69.1. The summed E-state index contributed by atoms with van der Waals surface area (Å²) in [5.74, 6) is -0.849. The topological polar surface area (TPSA) is 78.9 Å². The summed E-state index contributed by atoms with van der Waals surface area (Å²) in [6.07, 6.45) is 88.9. The number of carbonyl (C=O) groups is 3. The zero-order valence-electron chi connectivity index (χ0n) is 55.5. The van der Waals surface area contributed by atoms with E-state index in [9.17, 15) is 14.4 Å². The maximum absolute atomic E-state index is 13.0. The van der Waals surface area contributed by atoms with Gasteiger partial charge in [0.15, 0.2) is 6.10 Å². The molecule has 0 aromatic rings. The van der Waals surface area contributed by atoms with E-state index >= 15 is 0 Å². The Morgan fingerprint density at radius 2 is 0.439 bits per heavy atom. The van der Waals surface area contributed by atoms with Crippen LogP contribution in [0.2, 0.25) is 0 Å². The smallest absolute Gasteiger partial charge is 0.306 e. The molecule has 0 rings (SSSR count). The lowest BCUT2D eigenvalue weighted by Crippen LogP contribution is -2.30. The quantitative estimate of drug-likeness (QED) is 0.0261. The summed E-state index contributed by atoms with van der Waals surface area (Å²) in [7, 11) is 0. The van der Waals surface area contributed by atoms with Crippen molar-refractivity contribution in [3.63, 3.8) is 0 Å². The van der Waals surface area contributed by atoms with Gasteiger partial charge in [-0.1, -0.05) is 353 Å². The van der Waals surface area contributed by atoms with Crippen LogP contribution in [0.1, 0.15) is 412 Å². The van der Waals surface area contributed by atoms with Gasteiger partial charge in [0.05, 0.1) is 0 Å². The second-order valence-corrected chi connectivity index (χ2v) is 25.2. The Morgan fingerprint density at radius 3 is 0.707 bits per heavy atom. The minimum atomic E-state index is -0.776. The minimum Gasteiger partial charge on any atom is -0.462 e. The SMILES string of the molecule is CCCCC/C=C\C/C=C\CCCCCCCCCC(=O)OCC(COC(=O)CCCCCCCCCCCCCCCCCCCCCCCCCCCC)OC(=O)CCCCCCCCCCC/C=C\CCCCCCCCCC. The van der Waals surface area contributed by atoms with Crippen LogP contribution in [0.3, 0.4) is 0 Å². The molecule has 0 aromatic carbocycles. The lowest BCUT2D eigenvalue weighted by molar-refractivity contribution is -0.167. The zero-order valence-corrected chi connectivity index (χ0v) is 55.5. The van der Waals surface area contributed by atoms with Crippen molar-refractivity contribution in [2.45, 2.75) is 419 Å². The van der Waals surface area contributed by atoms with E-state index in [4.69, 9.17) is 14.2 Å². The molecule has 0 amide bonds. The summed E-state index contributed by atoms with van der Waals surface area (Å²) < 4.78 is 17.0. The second-order valence-electron chi connectivity index (χ2n) is 25.2. The molecule has 0 saturated heterocycles. The Balaban J connectivity index is 4.27. The summed E-state index contributed by atoms with van der Waals surface area (Å²) in [6, 6.07) is 0. The molecular formula is C76H142O6. The molecule has 0 aliphatic carbocycles. The lowest BCUT2D eigenvalue weighted by atomic mass is 10.0. The van der Waals surface area contributed by atoms with Gasteiger partial charge in [0, 0.05) is 19.3 Å². The number of esters is 3. The van der Waals surface area contributed by atoms with Gasteiger partial charge >= 0.3 is 17.9 Å². The predicted molar refractivity (Wildman–Crippen MR) is 358 cm³/mol. The normalized spacial score (nSPS) is 12.2. The first kappa shape index (κ1) is 79.6. The fraction of sp³-hybridized carbons (Fsp3) is 0.882. The van der Waals surface area contributed by atoms with Crippen molar-refractivity contribution < 1.29 is 28.6 Å². The maximum Gasteiger partial charge on any atom is 0.306 e. The molecule has 6 nitrogen and oxygen atoms in total. The third kappa shape index (κ3) is 68.4. The van der Waals surface area contributed by atoms with Crippen LogP contribution in [0, 0.1) is 0 Å². The molecular weight excluding hydrogens is 1010 g/mol. The molecule has 1 unspecified atom stereocenters. The highest BCUT2D eigenvalue weighted by Crippen LogP contribution is 2.19. The van der Waals surface area contributed by atoms with Crippen molar-refractivity contribution in [3.05, 3.63) is 36.5 Å². The van der Waals surface area contributed by atoms with E-state index in [-0.39, 0.29) is 31.1 Å². The van der Waals surface area contributed by atoms with Gasteiger partial charge in [0.25, 0.3) is 0 Å². The van der Waals surface area contributed by atoms with Crippen molar-refractivity contribution in [2.75, 3.05) is 13.2 Å². The first-order chi connectivity index (χ1) is 40.5. The molecule has 0 saturated carbocycles. The van der Waals surface area contributed by atoms with Gasteiger partial charge in [0.2, 0.25) is 0 Å². The van der Waals surface area contributed by atoms with Gasteiger partial charge in [-0.25, -0.2) is 0 Å². The largest absolute Gasteiger partial charge is 0.462 e. The summed E-state index contributed by atoms with van der Waals surface area (Å²) in [4.78, 5) is 38.5. The van der Waals surface area contributed by atoms with Crippen molar-refractivity contribution in [3.8, 4) is 0 Å². The van der Waals surface area contributed by atoms with E-state index in [1.807, 2.05) is 0 Å². The molecule has 6 heteroatoms. The van der Waals surface area contributed by atoms with Gasteiger partial charge < -0.3 is 14.2 Å². The molecule has 0 heterocycles. The fourth-order valence-corrected chi connectivity index (χ4v) is 11.3. The van der Waals surface area contributed by atoms with Gasteiger partial charge in [-0.15, -0.1) is 0 Å². The fourth-order valence-electron chi connectivity index (χ4n) is 11.3. The van der Waals surface area contributed by atoms with Crippen LogP contribution in [0.4, 0.5) is 0 Å². The summed E-state index contributed by atoms with van der Waals surface area (Å²) in [6.45, 7) is 6.69. The Labute approximate surface area is 512 Å². The first-order valence-corrected chi connectivity index (χ1v) is 37.0. The average molecular weight is 1150 g/mol. The van der Waals surface area contributed by atoms with Gasteiger partial charge in [-0.05, 0) is 77.0 Å². The summed E-state index contributed by atoms with van der Waals surface area (Å²) >= 11 is 0. The summed E-state index contributed by atoms with van der Waals surface area (Å²) in [5, 5.41) is 0. The second kappa shape index (κ2) is 71.1. The Morgan fingerprint density at radius 1 is 0.244 bits per heavy atom. The first-order valence-electron chi connectivity index (χ1n) is 37.0. The third-order valence-electron chi connectivity index (χ3n) is 16.9. The van der Waals surface area contributed by atoms with E-state index < -0.39 is 6.10 Å². The Hall–Kier alpha value is -2.37. The molecule has 1 atom stereocenters. The molecule has 0 aromatic heterocycles. The van der Waals surface area contributed by atoms with Crippen molar-refractivity contribution in [1.82, 2.24) is 0 Å². The van der Waals surface area contributed by atoms with E-state index in [0.717, 1.165) is 70.6 Å². The molecule has 482 valence electrons. The van der Waals surface area contributed by atoms with Crippen LogP contribution in [0.5, 0.6) is 0 Å². The molecule has 0 radical (unpaired) electrons. The van der Waals surface area contributed by atoms with E-state index in [2.05, 4.69) is 57.2 Å². The molecule has 0 N–H and O–H groups in total. The lowest BCUT2D eigenvalue weighted by Gasteiger charge is -2.18. The summed E-state index contributed by atoms with van der Waals surface area (Å²) in [5.41, 5.74) is 0. The van der Waals surface area contributed by atoms with E-state index in [0.29, 0.717) is 19.3 Å². The Bertz CT molecular complexity index is 1370. The molecule has 0 spiro atoms. The molecule has 82 heavy (non-hydrogen) atoms. The highest BCUT2D eigenvalue weighted by molar-refractivity contribution is 5.71. The van der Waals surface area contributed by atoms with Gasteiger partial charge in [-0.3, -0.25) is 14.4 Å². The molecule has 0 aliphatic rings. The third-order valence-corrected chi connectivity index (χ3v) is 16.9. The van der Waals surface area contributed by atoms with Gasteiger partial charge in [0.1, 0.15) is 13.2 Å². The number of rotatable bonds is 69. The van der Waals surface area contributed by atoms with E-state index in [1.54, 1.807) is 0 Å². The molecule has 0 fully saturated rings. The number of allylic oxidation sites excluding steroid dienone is 6. The minimum absolute atomic E-state index is 0.0705. The number of ether oxygens (including phenoxy) is 3. The van der Waals surface area contributed by atoms with Crippen LogP contribution < -0.4 is 0 Å². The van der Waals surface area contributed by atoms with Crippen LogP contribution in [-0.4, -0.2) is 37.2 Å². The number of hydrogen-bond acceptors (Lipinski definition) is 6. The number of hydrogen-bond donors (Lipinski definition) is 0. The highest BCUT2D eigenvalue weighted by Gasteiger charge is 2.19. The van der Waals surface area contributed by atoms with Crippen molar-refractivity contribution in [2.24, 2.45) is 0 Å². The zero-order chi connectivity index (χ0) is 59.2. The van der Waals surface area contributed by atoms with Gasteiger partial charge in [-0.2, -0.15) is 0 Å². The standard InChI is InChI=1S/C76H142O6/c1-4-7-10-13-16-19-22-25-28-31-33-35-36-37-38-39-41-42-45-48-51-54-57-60-63-66-69-75(78)81-72-73(71-80-74(77)68-65-62-59-56-53-50-47-44-30-27-24-21-18-15-12-9-6-3)82-76(79)70-67-64-61-58-55-52-49-46-43-40-34-32-29-26-23-20-17-14-11-8-5-2/h18,21,27,30,32,34,73H,4-17,19-20,22-26,28-29,31,33,35-72H2,1-3H3/b21-18-,30-27-,34-32-.